The fraction of sp³-hybridized carbons (Fsp3) is 0.467. The van der Waals surface area contributed by atoms with Gasteiger partial charge in [-0.3, -0.25) is 14.5 Å². The third-order valence-corrected chi connectivity index (χ3v) is 3.56. The van der Waals surface area contributed by atoms with E-state index in [1.807, 2.05) is 13.8 Å². The van der Waals surface area contributed by atoms with Gasteiger partial charge in [0.15, 0.2) is 6.61 Å². The number of amides is 2. The molecule has 0 bridgehead atoms. The van der Waals surface area contributed by atoms with Crippen LogP contribution in [0.4, 0.5) is 5.69 Å². The molecule has 1 aliphatic rings. The van der Waals surface area contributed by atoms with Crippen LogP contribution in [0, 0.1) is 0 Å². The Balaban J connectivity index is 2.27. The number of rotatable bonds is 5. The molecule has 0 fully saturated rings. The van der Waals surface area contributed by atoms with Gasteiger partial charge in [-0.15, -0.1) is 0 Å². The van der Waals surface area contributed by atoms with Gasteiger partial charge in [0.05, 0.1) is 12.3 Å². The fourth-order valence-corrected chi connectivity index (χ4v) is 2.33. The van der Waals surface area contributed by atoms with Crippen LogP contribution in [0.3, 0.4) is 0 Å². The normalized spacial score (nSPS) is 13.7. The summed E-state index contributed by atoms with van der Waals surface area (Å²) in [7, 11) is 0. The minimum atomic E-state index is -0.252. The molecule has 0 aromatic heterocycles. The van der Waals surface area contributed by atoms with E-state index in [4.69, 9.17) is 4.74 Å². The molecule has 2 rings (SSSR count). The number of fused-ring (bicyclic) bond motifs is 1. The highest BCUT2D eigenvalue weighted by molar-refractivity contribution is 6.02. The molecule has 1 aromatic carbocycles. The molecular formula is C15H20N2O4. The van der Waals surface area contributed by atoms with Gasteiger partial charge < -0.3 is 14.7 Å². The lowest BCUT2D eigenvalue weighted by atomic mass is 10.1. The zero-order chi connectivity index (χ0) is 15.4. The third kappa shape index (κ3) is 3.16. The van der Waals surface area contributed by atoms with Crippen LogP contribution in [0.15, 0.2) is 18.2 Å². The second-order valence-corrected chi connectivity index (χ2v) is 4.79. The molecule has 0 atom stereocenters. The van der Waals surface area contributed by atoms with E-state index in [-0.39, 0.29) is 31.6 Å². The second kappa shape index (κ2) is 6.58. The van der Waals surface area contributed by atoms with E-state index < -0.39 is 0 Å². The Morgan fingerprint density at radius 3 is 2.71 bits per heavy atom. The predicted octanol–water partition coefficient (Wildman–Crippen LogP) is 0.773. The van der Waals surface area contributed by atoms with Crippen LogP contribution < -0.4 is 9.64 Å². The molecule has 1 aromatic rings. The molecule has 114 valence electrons. The quantitative estimate of drug-likeness (QED) is 0.870. The maximum atomic E-state index is 12.2. The van der Waals surface area contributed by atoms with Gasteiger partial charge in [-0.25, -0.2) is 0 Å². The van der Waals surface area contributed by atoms with Crippen molar-refractivity contribution in [2.45, 2.75) is 20.5 Å². The summed E-state index contributed by atoms with van der Waals surface area (Å²) < 4.78 is 5.36. The average molecular weight is 292 g/mol. The summed E-state index contributed by atoms with van der Waals surface area (Å²) >= 11 is 0. The van der Waals surface area contributed by atoms with Gasteiger partial charge in [-0.05, 0) is 31.5 Å². The Morgan fingerprint density at radius 2 is 2.10 bits per heavy atom. The number of carbonyl (C=O) groups excluding carboxylic acids is 2. The number of ether oxygens (including phenoxy) is 1. The van der Waals surface area contributed by atoms with Crippen molar-refractivity contribution in [2.75, 3.05) is 31.1 Å². The van der Waals surface area contributed by atoms with E-state index >= 15 is 0 Å². The molecule has 0 unspecified atom stereocenters. The first-order valence-electron chi connectivity index (χ1n) is 7.05. The Hall–Kier alpha value is -2.08. The molecule has 2 amide bonds. The Morgan fingerprint density at radius 1 is 1.38 bits per heavy atom. The molecule has 1 N–H and O–H groups in total. The van der Waals surface area contributed by atoms with Crippen molar-refractivity contribution in [1.29, 1.82) is 0 Å². The van der Waals surface area contributed by atoms with Crippen LogP contribution in [-0.2, 0) is 16.2 Å². The monoisotopic (exact) mass is 292 g/mol. The third-order valence-electron chi connectivity index (χ3n) is 3.56. The van der Waals surface area contributed by atoms with Gasteiger partial charge in [0, 0.05) is 13.1 Å². The molecule has 0 spiro atoms. The van der Waals surface area contributed by atoms with Crippen molar-refractivity contribution in [3.63, 3.8) is 0 Å². The van der Waals surface area contributed by atoms with Crippen molar-refractivity contribution in [3.8, 4) is 5.75 Å². The Labute approximate surface area is 123 Å². The van der Waals surface area contributed by atoms with E-state index in [2.05, 4.69) is 0 Å². The molecule has 21 heavy (non-hydrogen) atoms. The molecule has 1 aliphatic heterocycles. The lowest BCUT2D eigenvalue weighted by molar-refractivity contribution is -0.131. The molecule has 0 saturated heterocycles. The maximum absolute atomic E-state index is 12.2. The molecular weight excluding hydrogens is 272 g/mol. The number of aliphatic hydroxyl groups excluding tert-OH is 1. The van der Waals surface area contributed by atoms with Gasteiger partial charge in [0.25, 0.3) is 5.91 Å². The number of benzene rings is 1. The Bertz CT molecular complexity index is 540. The van der Waals surface area contributed by atoms with Crippen LogP contribution in [0.2, 0.25) is 0 Å². The first-order valence-corrected chi connectivity index (χ1v) is 7.05. The summed E-state index contributed by atoms with van der Waals surface area (Å²) in [6.07, 6.45) is 0. The lowest BCUT2D eigenvalue weighted by Crippen LogP contribution is -2.46. The van der Waals surface area contributed by atoms with E-state index in [0.29, 0.717) is 30.1 Å². The molecule has 0 aliphatic carbocycles. The van der Waals surface area contributed by atoms with E-state index in [9.17, 15) is 14.7 Å². The zero-order valence-corrected chi connectivity index (χ0v) is 12.3. The van der Waals surface area contributed by atoms with Crippen molar-refractivity contribution in [2.24, 2.45) is 0 Å². The minimum absolute atomic E-state index is 0.00818. The zero-order valence-electron chi connectivity index (χ0n) is 12.3. The number of nitrogens with zero attached hydrogens (tertiary/aromatic N) is 2. The number of likely N-dealkylation sites (N-methyl/N-ethyl adjacent to an activating group) is 1. The highest BCUT2D eigenvalue weighted by Gasteiger charge is 2.28. The summed E-state index contributed by atoms with van der Waals surface area (Å²) in [5.41, 5.74) is 1.21. The standard InChI is InChI=1S/C15H20N2O4/c1-3-16(4-2)14(19)8-17-12-7-11(9-18)5-6-13(12)21-10-15(17)20/h5-7,18H,3-4,8-10H2,1-2H3. The van der Waals surface area contributed by atoms with E-state index in [1.165, 1.54) is 4.90 Å². The van der Waals surface area contributed by atoms with Gasteiger partial charge in [-0.2, -0.15) is 0 Å². The Kier molecular flexibility index (Phi) is 4.80. The number of anilines is 1. The van der Waals surface area contributed by atoms with Crippen LogP contribution in [0.5, 0.6) is 5.75 Å². The predicted molar refractivity (Wildman–Crippen MR) is 78.1 cm³/mol. The summed E-state index contributed by atoms with van der Waals surface area (Å²) in [6, 6.07) is 5.13. The van der Waals surface area contributed by atoms with Crippen molar-refractivity contribution >= 4 is 17.5 Å². The van der Waals surface area contributed by atoms with Crippen LogP contribution >= 0.6 is 0 Å². The van der Waals surface area contributed by atoms with Gasteiger partial charge in [0.1, 0.15) is 12.3 Å². The number of aliphatic hydroxyl groups is 1. The number of carbonyl (C=O) groups is 2. The van der Waals surface area contributed by atoms with Crippen LogP contribution in [0.1, 0.15) is 19.4 Å². The van der Waals surface area contributed by atoms with E-state index in [1.54, 1.807) is 23.1 Å². The SMILES string of the molecule is CCN(CC)C(=O)CN1C(=O)COc2ccc(CO)cc21. The van der Waals surface area contributed by atoms with E-state index in [0.717, 1.165) is 0 Å². The molecule has 0 radical (unpaired) electrons. The van der Waals surface area contributed by atoms with Crippen molar-refractivity contribution < 1.29 is 19.4 Å². The highest BCUT2D eigenvalue weighted by atomic mass is 16.5. The molecule has 0 saturated carbocycles. The molecule has 6 heteroatoms. The summed E-state index contributed by atoms with van der Waals surface area (Å²) in [4.78, 5) is 27.4. The van der Waals surface area contributed by atoms with Crippen molar-refractivity contribution in [3.05, 3.63) is 23.8 Å². The largest absolute Gasteiger partial charge is 0.482 e. The van der Waals surface area contributed by atoms with Crippen molar-refractivity contribution in [1.82, 2.24) is 4.90 Å². The van der Waals surface area contributed by atoms with Gasteiger partial charge in [-0.1, -0.05) is 6.07 Å². The van der Waals surface area contributed by atoms with Gasteiger partial charge >= 0.3 is 0 Å². The molecule has 6 nitrogen and oxygen atoms in total. The number of hydrogen-bond acceptors (Lipinski definition) is 4. The lowest BCUT2D eigenvalue weighted by Gasteiger charge is -2.31. The number of hydrogen-bond donors (Lipinski definition) is 1. The van der Waals surface area contributed by atoms with Crippen LogP contribution in [-0.4, -0.2) is 48.1 Å². The topological polar surface area (TPSA) is 70.1 Å². The maximum Gasteiger partial charge on any atom is 0.265 e. The summed E-state index contributed by atoms with van der Waals surface area (Å²) in [6.45, 7) is 4.82. The highest BCUT2D eigenvalue weighted by Crippen LogP contribution is 2.32. The summed E-state index contributed by atoms with van der Waals surface area (Å²) in [5.74, 6) is 0.202. The smallest absolute Gasteiger partial charge is 0.265 e. The van der Waals surface area contributed by atoms with Crippen LogP contribution in [0.25, 0.3) is 0 Å². The fourth-order valence-electron chi connectivity index (χ4n) is 2.33. The first kappa shape index (κ1) is 15.3. The first-order chi connectivity index (χ1) is 10.1. The summed E-state index contributed by atoms with van der Waals surface area (Å²) in [5, 5.41) is 9.22. The second-order valence-electron chi connectivity index (χ2n) is 4.79. The minimum Gasteiger partial charge on any atom is -0.482 e. The average Bonchev–Trinajstić information content (AvgIpc) is 2.51. The van der Waals surface area contributed by atoms with Gasteiger partial charge in [0.2, 0.25) is 5.91 Å². The molecule has 1 heterocycles.